The van der Waals surface area contributed by atoms with Gasteiger partial charge in [-0.2, -0.15) is 23.3 Å². The molecule has 0 spiro atoms. The highest BCUT2D eigenvalue weighted by molar-refractivity contribution is 8.28. The summed E-state index contributed by atoms with van der Waals surface area (Å²) in [6.07, 6.45) is -5.05. The number of aliphatic hydroxyl groups is 1. The van der Waals surface area contributed by atoms with Crippen LogP contribution in [0.15, 0.2) is 41.3 Å². The molecule has 0 aliphatic carbocycles. The number of nitriles is 1. The highest BCUT2D eigenvalue weighted by atomic mass is 32.2. The van der Waals surface area contributed by atoms with Gasteiger partial charge in [0.25, 0.3) is 0 Å². The van der Waals surface area contributed by atoms with Crippen LogP contribution >= 0.6 is 11.1 Å². The van der Waals surface area contributed by atoms with Crippen LogP contribution in [0.4, 0.5) is 24.5 Å². The fraction of sp³-hybridized carbons (Fsp3) is 0.364. The first kappa shape index (κ1) is 23.2. The van der Waals surface area contributed by atoms with E-state index in [4.69, 9.17) is 10.00 Å². The maximum absolute atomic E-state index is 13.5. The van der Waals surface area contributed by atoms with Gasteiger partial charge in [0.15, 0.2) is 0 Å². The molecule has 1 saturated heterocycles. The zero-order valence-electron chi connectivity index (χ0n) is 18.1. The Hall–Kier alpha value is -2.94. The molecule has 2 aromatic carbocycles. The Bertz CT molecular complexity index is 1150. The van der Waals surface area contributed by atoms with Gasteiger partial charge in [0.1, 0.15) is 17.4 Å². The number of likely N-dealkylation sites (N-methyl/N-ethyl adjacent to an activating group) is 1. The fourth-order valence-electron chi connectivity index (χ4n) is 3.96. The summed E-state index contributed by atoms with van der Waals surface area (Å²) in [5.74, 6) is 0.596. The Balaban J connectivity index is 1.70. The maximum Gasteiger partial charge on any atom is 0.417 e. The van der Waals surface area contributed by atoms with Crippen LogP contribution in [-0.2, 0) is 11.0 Å². The molecule has 2 aromatic rings. The first-order chi connectivity index (χ1) is 15.5. The molecule has 0 amide bonds. The summed E-state index contributed by atoms with van der Waals surface area (Å²) in [5.41, 5.74) is -1.14. The minimum atomic E-state index is -4.70. The summed E-state index contributed by atoms with van der Waals surface area (Å²) < 4.78 is 46.1. The number of hydrogen-bond acceptors (Lipinski definition) is 7. The minimum absolute atomic E-state index is 0.116. The maximum atomic E-state index is 13.5. The SMILES string of the molecule is CN1C[C@@H](CO)Oc2ccc(N3N[SH](c4ccc(C#N)c(C(F)(F)F)c4)C(=O)C3(C)C)cc21. The number of halogens is 3. The van der Waals surface area contributed by atoms with Crippen LogP contribution in [0.5, 0.6) is 5.75 Å². The molecule has 0 aromatic heterocycles. The predicted molar refractivity (Wildman–Crippen MR) is 119 cm³/mol. The summed E-state index contributed by atoms with van der Waals surface area (Å²) in [7, 11) is 1.86. The molecule has 2 N–H and O–H groups in total. The number of nitrogens with one attached hydrogen (secondary N) is 1. The smallest absolute Gasteiger partial charge is 0.417 e. The predicted octanol–water partition coefficient (Wildman–Crippen LogP) is 3.37. The average molecular weight is 481 g/mol. The Labute approximate surface area is 191 Å². The summed E-state index contributed by atoms with van der Waals surface area (Å²) in [4.78, 5) is 18.5. The van der Waals surface area contributed by atoms with Crippen molar-refractivity contribution in [3.05, 3.63) is 47.5 Å². The van der Waals surface area contributed by atoms with Crippen LogP contribution in [-0.4, -0.2) is 42.1 Å². The molecule has 2 aliphatic rings. The van der Waals surface area contributed by atoms with Crippen LogP contribution in [0.3, 0.4) is 0 Å². The molecule has 11 heteroatoms. The quantitative estimate of drug-likeness (QED) is 0.581. The second kappa shape index (κ2) is 8.13. The summed E-state index contributed by atoms with van der Waals surface area (Å²) in [6, 6.07) is 10.3. The lowest BCUT2D eigenvalue weighted by molar-refractivity contribution is -0.138. The number of aliphatic hydroxyl groups excluding tert-OH is 1. The zero-order chi connectivity index (χ0) is 24.1. The Morgan fingerprint density at radius 3 is 2.67 bits per heavy atom. The Kier molecular flexibility index (Phi) is 5.72. The molecule has 1 fully saturated rings. The molecule has 7 nitrogen and oxygen atoms in total. The number of rotatable bonds is 3. The van der Waals surface area contributed by atoms with Gasteiger partial charge in [0.2, 0.25) is 5.12 Å². The highest BCUT2D eigenvalue weighted by Gasteiger charge is 2.47. The van der Waals surface area contributed by atoms with Crippen LogP contribution < -0.4 is 19.5 Å². The standard InChI is InChI=1S/C22H23F3N4O3S/c1-21(2)20(31)33(16-6-4-13(10-26)17(9-16)22(23,24)25)27-29(21)14-5-7-19-18(8-14)28(3)11-15(12-30)32-19/h4-9,15,27,30,33H,11-12H2,1-3H3/t15-/m0/s1. The van der Waals surface area contributed by atoms with Gasteiger partial charge in [0.05, 0.1) is 41.7 Å². The topological polar surface area (TPSA) is 88.8 Å². The second-order valence-corrected chi connectivity index (χ2v) is 10.2. The molecular weight excluding hydrogens is 457 g/mol. The van der Waals surface area contributed by atoms with Crippen molar-refractivity contribution in [1.29, 1.82) is 5.26 Å². The number of fused-ring (bicyclic) bond motifs is 1. The monoisotopic (exact) mass is 480 g/mol. The van der Waals surface area contributed by atoms with Crippen LogP contribution in [0.25, 0.3) is 0 Å². The van der Waals surface area contributed by atoms with Crippen molar-refractivity contribution in [2.45, 2.75) is 36.6 Å². The highest BCUT2D eigenvalue weighted by Crippen LogP contribution is 2.49. The Morgan fingerprint density at radius 2 is 2.03 bits per heavy atom. The third-order valence-corrected chi connectivity index (χ3v) is 7.91. The largest absolute Gasteiger partial charge is 0.484 e. The lowest BCUT2D eigenvalue weighted by atomic mass is 10.1. The number of carbonyl (C=O) groups is 1. The minimum Gasteiger partial charge on any atom is -0.484 e. The lowest BCUT2D eigenvalue weighted by Crippen LogP contribution is -2.47. The van der Waals surface area contributed by atoms with Crippen molar-refractivity contribution in [1.82, 2.24) is 4.83 Å². The summed E-state index contributed by atoms with van der Waals surface area (Å²) >= 11 is -1.82. The number of ether oxygens (including phenoxy) is 1. The molecule has 0 bridgehead atoms. The average Bonchev–Trinajstić information content (AvgIpc) is 3.01. The third-order valence-electron chi connectivity index (χ3n) is 5.76. The van der Waals surface area contributed by atoms with E-state index in [0.29, 0.717) is 18.0 Å². The molecule has 176 valence electrons. The molecule has 2 aliphatic heterocycles. The van der Waals surface area contributed by atoms with E-state index in [0.717, 1.165) is 17.8 Å². The molecular formula is C22H23F3N4O3S. The number of hydrogen-bond donors (Lipinski definition) is 3. The van der Waals surface area contributed by atoms with Crippen molar-refractivity contribution in [2.24, 2.45) is 0 Å². The molecule has 2 atom stereocenters. The van der Waals surface area contributed by atoms with E-state index in [1.807, 2.05) is 18.0 Å². The van der Waals surface area contributed by atoms with Crippen molar-refractivity contribution in [2.75, 3.05) is 30.1 Å². The number of carbonyl (C=O) groups excluding carboxylic acids is 1. The van der Waals surface area contributed by atoms with E-state index in [1.54, 1.807) is 37.1 Å². The third kappa shape index (κ3) is 3.99. The van der Waals surface area contributed by atoms with E-state index in [-0.39, 0.29) is 22.7 Å². The summed E-state index contributed by atoms with van der Waals surface area (Å²) in [6.45, 7) is 3.79. The molecule has 0 saturated carbocycles. The van der Waals surface area contributed by atoms with Gasteiger partial charge in [-0.05, 0) is 50.2 Å². The van der Waals surface area contributed by atoms with E-state index in [1.165, 1.54) is 6.07 Å². The number of alkyl halides is 3. The summed E-state index contributed by atoms with van der Waals surface area (Å²) in [5, 5.41) is 19.9. The van der Waals surface area contributed by atoms with Gasteiger partial charge in [-0.3, -0.25) is 9.80 Å². The molecule has 33 heavy (non-hydrogen) atoms. The van der Waals surface area contributed by atoms with E-state index >= 15 is 0 Å². The zero-order valence-corrected chi connectivity index (χ0v) is 19.0. The van der Waals surface area contributed by atoms with Crippen LogP contribution in [0.1, 0.15) is 25.0 Å². The van der Waals surface area contributed by atoms with Crippen molar-refractivity contribution >= 4 is 27.6 Å². The van der Waals surface area contributed by atoms with Crippen LogP contribution in [0.2, 0.25) is 0 Å². The fourth-order valence-corrected chi connectivity index (χ4v) is 6.09. The Morgan fingerprint density at radius 1 is 1.30 bits per heavy atom. The number of benzene rings is 2. The molecule has 2 heterocycles. The van der Waals surface area contributed by atoms with Crippen LogP contribution in [0, 0.1) is 11.3 Å². The second-order valence-electron chi connectivity index (χ2n) is 8.43. The van der Waals surface area contributed by atoms with Crippen molar-refractivity contribution < 1.29 is 27.8 Å². The van der Waals surface area contributed by atoms with Gasteiger partial charge in [0, 0.05) is 11.9 Å². The number of anilines is 2. The van der Waals surface area contributed by atoms with Gasteiger partial charge >= 0.3 is 6.18 Å². The first-order valence-electron chi connectivity index (χ1n) is 10.1. The van der Waals surface area contributed by atoms with E-state index in [2.05, 4.69) is 4.83 Å². The van der Waals surface area contributed by atoms with Gasteiger partial charge in [-0.15, -0.1) is 0 Å². The van der Waals surface area contributed by atoms with Gasteiger partial charge in [-0.1, -0.05) is 11.1 Å². The van der Waals surface area contributed by atoms with Crippen molar-refractivity contribution in [3.8, 4) is 11.8 Å². The van der Waals surface area contributed by atoms with Crippen molar-refractivity contribution in [3.63, 3.8) is 0 Å². The molecule has 4 rings (SSSR count). The number of thiol groups is 1. The lowest BCUT2D eigenvalue weighted by Gasteiger charge is -2.35. The van der Waals surface area contributed by atoms with Gasteiger partial charge in [-0.25, -0.2) is 0 Å². The van der Waals surface area contributed by atoms with E-state index in [9.17, 15) is 23.1 Å². The number of hydrazine groups is 1. The molecule has 1 unspecified atom stereocenters. The van der Waals surface area contributed by atoms with E-state index < -0.39 is 33.9 Å². The molecule has 0 radical (unpaired) electrons. The van der Waals surface area contributed by atoms with Gasteiger partial charge < -0.3 is 14.7 Å². The number of nitrogens with zero attached hydrogens (tertiary/aromatic N) is 3. The normalized spacial score (nSPS) is 23.2. The first-order valence-corrected chi connectivity index (χ1v) is 11.5.